The molecule has 0 saturated heterocycles. The summed E-state index contributed by atoms with van der Waals surface area (Å²) in [6.07, 6.45) is -1.38. The summed E-state index contributed by atoms with van der Waals surface area (Å²) in [7, 11) is -4.00. The Morgan fingerprint density at radius 1 is 1.07 bits per heavy atom. The van der Waals surface area contributed by atoms with Gasteiger partial charge < -0.3 is 4.74 Å². The summed E-state index contributed by atoms with van der Waals surface area (Å²) in [6, 6.07) is 12.2. The fourth-order valence-electron chi connectivity index (χ4n) is 2.42. The molecule has 0 radical (unpaired) electrons. The largest absolute Gasteiger partial charge is 0.488 e. The number of hydrogen-bond donors (Lipinski definition) is 2. The Bertz CT molecular complexity index is 1220. The number of alkyl halides is 2. The molecule has 0 unspecified atom stereocenters. The molecule has 0 saturated carbocycles. The third-order valence-electron chi connectivity index (χ3n) is 3.71. The van der Waals surface area contributed by atoms with E-state index in [1.54, 1.807) is 0 Å². The van der Waals surface area contributed by atoms with Gasteiger partial charge in [-0.2, -0.15) is 0 Å². The maximum absolute atomic E-state index is 12.5. The summed E-state index contributed by atoms with van der Waals surface area (Å²) in [5.74, 6) is 0.000896. The van der Waals surface area contributed by atoms with Gasteiger partial charge in [-0.1, -0.05) is 6.07 Å². The Morgan fingerprint density at radius 2 is 1.79 bits per heavy atom. The lowest BCUT2D eigenvalue weighted by atomic mass is 10.3. The molecular formula is C18H15F2N3O5S. The average Bonchev–Trinajstić information content (AvgIpc) is 2.67. The van der Waals surface area contributed by atoms with E-state index in [-0.39, 0.29) is 16.3 Å². The highest BCUT2D eigenvalue weighted by Crippen LogP contribution is 2.21. The van der Waals surface area contributed by atoms with Gasteiger partial charge in [0.1, 0.15) is 12.4 Å². The monoisotopic (exact) mass is 423 g/mol. The molecule has 0 aliphatic carbocycles. The number of H-pyrrole nitrogens is 1. The third kappa shape index (κ3) is 5.08. The van der Waals surface area contributed by atoms with Crippen LogP contribution in [0, 0.1) is 0 Å². The van der Waals surface area contributed by atoms with Crippen LogP contribution < -0.4 is 20.7 Å². The minimum Gasteiger partial charge on any atom is -0.488 e. The topological polar surface area (TPSA) is 110 Å². The number of halogens is 2. The van der Waals surface area contributed by atoms with Crippen LogP contribution in [-0.4, -0.2) is 31.0 Å². The lowest BCUT2D eigenvalue weighted by Gasteiger charge is -2.11. The van der Waals surface area contributed by atoms with E-state index in [1.807, 2.05) is 0 Å². The lowest BCUT2D eigenvalue weighted by molar-refractivity contribution is 0.0818. The molecule has 2 N–H and O–H groups in total. The zero-order valence-corrected chi connectivity index (χ0v) is 15.5. The third-order valence-corrected chi connectivity index (χ3v) is 5.09. The van der Waals surface area contributed by atoms with Crippen molar-refractivity contribution in [1.82, 2.24) is 9.55 Å². The molecule has 29 heavy (non-hydrogen) atoms. The fraction of sp³-hybridized carbons (Fsp3) is 0.111. The second kappa shape index (κ2) is 8.27. The van der Waals surface area contributed by atoms with Crippen molar-refractivity contribution in [1.29, 1.82) is 0 Å². The highest BCUT2D eigenvalue weighted by atomic mass is 32.2. The van der Waals surface area contributed by atoms with Crippen molar-refractivity contribution in [3.05, 3.63) is 81.6 Å². The molecule has 0 atom stereocenters. The van der Waals surface area contributed by atoms with E-state index in [0.717, 1.165) is 6.07 Å². The molecule has 2 aromatic carbocycles. The molecule has 0 bridgehead atoms. The summed E-state index contributed by atoms with van der Waals surface area (Å²) >= 11 is 0. The smallest absolute Gasteiger partial charge is 0.332 e. The van der Waals surface area contributed by atoms with Gasteiger partial charge in [0.05, 0.1) is 10.6 Å². The quantitative estimate of drug-likeness (QED) is 0.604. The number of hydrogen-bond acceptors (Lipinski definition) is 5. The zero-order valence-electron chi connectivity index (χ0n) is 14.7. The van der Waals surface area contributed by atoms with Crippen LogP contribution in [0.2, 0.25) is 0 Å². The summed E-state index contributed by atoms with van der Waals surface area (Å²) < 4.78 is 57.9. The zero-order chi connectivity index (χ0) is 21.0. The van der Waals surface area contributed by atoms with E-state index in [9.17, 15) is 26.8 Å². The number of aromatic amines is 1. The maximum atomic E-state index is 12.5. The van der Waals surface area contributed by atoms with Gasteiger partial charge >= 0.3 is 5.69 Å². The summed E-state index contributed by atoms with van der Waals surface area (Å²) in [6.45, 7) is -0.845. The van der Waals surface area contributed by atoms with Crippen LogP contribution in [0.3, 0.4) is 0 Å². The number of nitrogens with one attached hydrogen (secondary N) is 2. The number of aromatic nitrogens is 2. The number of nitrogens with zero attached hydrogens (tertiary/aromatic N) is 1. The van der Waals surface area contributed by atoms with Crippen LogP contribution in [0.4, 0.5) is 14.5 Å². The molecular weight excluding hydrogens is 408 g/mol. The molecule has 8 nitrogen and oxygen atoms in total. The lowest BCUT2D eigenvalue weighted by Crippen LogP contribution is -2.27. The molecule has 152 valence electrons. The van der Waals surface area contributed by atoms with Crippen LogP contribution >= 0.6 is 0 Å². The highest BCUT2D eigenvalue weighted by Gasteiger charge is 2.16. The number of rotatable bonds is 7. The minimum atomic E-state index is -4.00. The molecule has 0 aliphatic rings. The van der Waals surface area contributed by atoms with Gasteiger partial charge in [0.2, 0.25) is 0 Å². The van der Waals surface area contributed by atoms with Crippen LogP contribution in [0.1, 0.15) is 0 Å². The van der Waals surface area contributed by atoms with Crippen LogP contribution in [0.5, 0.6) is 5.75 Å². The van der Waals surface area contributed by atoms with Gasteiger partial charge in [-0.25, -0.2) is 22.0 Å². The molecule has 3 aromatic rings. The molecule has 0 fully saturated rings. The minimum absolute atomic E-state index is 0.000896. The number of benzene rings is 2. The van der Waals surface area contributed by atoms with Crippen molar-refractivity contribution in [2.24, 2.45) is 0 Å². The maximum Gasteiger partial charge on any atom is 0.332 e. The molecule has 0 amide bonds. The Balaban J connectivity index is 1.79. The average molecular weight is 423 g/mol. The van der Waals surface area contributed by atoms with Gasteiger partial charge in [-0.15, -0.1) is 0 Å². The highest BCUT2D eigenvalue weighted by molar-refractivity contribution is 7.92. The Morgan fingerprint density at radius 3 is 2.45 bits per heavy atom. The standard InChI is InChI=1S/C18H15F2N3O5S/c19-16(20)11-28-14-2-1-3-15(10-14)29(26,27)22-12-4-6-13(7-5-12)23-9-8-17(24)21-18(23)25/h1-10,16,22H,11H2,(H,21,24,25). The van der Waals surface area contributed by atoms with Gasteiger partial charge in [-0.05, 0) is 36.4 Å². The first-order valence-electron chi connectivity index (χ1n) is 8.21. The van der Waals surface area contributed by atoms with Crippen molar-refractivity contribution in [3.63, 3.8) is 0 Å². The first-order valence-corrected chi connectivity index (χ1v) is 9.69. The van der Waals surface area contributed by atoms with Gasteiger partial charge in [0.15, 0.2) is 0 Å². The van der Waals surface area contributed by atoms with Gasteiger partial charge in [-0.3, -0.25) is 19.1 Å². The van der Waals surface area contributed by atoms with Crippen molar-refractivity contribution in [2.75, 3.05) is 11.3 Å². The van der Waals surface area contributed by atoms with Crippen molar-refractivity contribution in [3.8, 4) is 11.4 Å². The Labute approximate surface area is 163 Å². The van der Waals surface area contributed by atoms with Crippen LogP contribution in [0.25, 0.3) is 5.69 Å². The van der Waals surface area contributed by atoms with Crippen molar-refractivity contribution < 1.29 is 21.9 Å². The van der Waals surface area contributed by atoms with E-state index in [1.165, 1.54) is 59.3 Å². The molecule has 0 spiro atoms. The second-order valence-electron chi connectivity index (χ2n) is 5.81. The SMILES string of the molecule is O=c1ccn(-c2ccc(NS(=O)(=O)c3cccc(OCC(F)F)c3)cc2)c(=O)[nH]1. The van der Waals surface area contributed by atoms with Crippen LogP contribution in [-0.2, 0) is 10.0 Å². The van der Waals surface area contributed by atoms with Crippen LogP contribution in [0.15, 0.2) is 75.3 Å². The van der Waals surface area contributed by atoms with Gasteiger partial charge in [0.25, 0.3) is 22.0 Å². The number of anilines is 1. The predicted molar refractivity (Wildman–Crippen MR) is 101 cm³/mol. The van der Waals surface area contributed by atoms with E-state index in [2.05, 4.69) is 9.71 Å². The Hall–Kier alpha value is -3.47. The van der Waals surface area contributed by atoms with E-state index in [0.29, 0.717) is 5.69 Å². The van der Waals surface area contributed by atoms with E-state index in [4.69, 9.17) is 4.74 Å². The molecule has 3 rings (SSSR count). The van der Waals surface area contributed by atoms with E-state index >= 15 is 0 Å². The van der Waals surface area contributed by atoms with E-state index < -0.39 is 34.3 Å². The predicted octanol–water partition coefficient (Wildman–Crippen LogP) is 1.97. The molecule has 11 heteroatoms. The van der Waals surface area contributed by atoms with Gasteiger partial charge in [0, 0.05) is 24.0 Å². The number of ether oxygens (including phenoxy) is 1. The molecule has 0 aliphatic heterocycles. The normalized spacial score (nSPS) is 11.4. The Kier molecular flexibility index (Phi) is 5.78. The summed E-state index contributed by atoms with van der Waals surface area (Å²) in [4.78, 5) is 24.9. The van der Waals surface area contributed by atoms with Crippen molar-refractivity contribution in [2.45, 2.75) is 11.3 Å². The van der Waals surface area contributed by atoms with Crippen molar-refractivity contribution >= 4 is 15.7 Å². The summed E-state index contributed by atoms with van der Waals surface area (Å²) in [5.41, 5.74) is -0.538. The summed E-state index contributed by atoms with van der Waals surface area (Å²) in [5, 5.41) is 0. The molecule has 1 aromatic heterocycles. The fourth-order valence-corrected chi connectivity index (χ4v) is 3.51. The first kappa shape index (κ1) is 20.3. The second-order valence-corrected chi connectivity index (χ2v) is 7.49. The number of sulfonamides is 1. The molecule has 1 heterocycles. The first-order chi connectivity index (χ1) is 13.7.